The number of hydrogen-bond donors (Lipinski definition) is 1. The smallest absolute Gasteiger partial charge is 0.341 e. The van der Waals surface area contributed by atoms with Crippen molar-refractivity contribution in [1.29, 1.82) is 0 Å². The first kappa shape index (κ1) is 14.0. The molecule has 1 aliphatic rings. The average molecular weight is 269 g/mol. The van der Waals surface area contributed by atoms with Crippen LogP contribution >= 0.6 is 0 Å². The second-order valence-electron chi connectivity index (χ2n) is 4.56. The van der Waals surface area contributed by atoms with E-state index in [0.29, 0.717) is 36.8 Å². The number of carbonyl (C=O) groups excluding carboxylic acids is 1. The number of nitrogens with zero attached hydrogens (tertiary/aromatic N) is 1. The molecule has 1 aromatic rings. The average Bonchev–Trinajstić information content (AvgIpc) is 2.79. The van der Waals surface area contributed by atoms with Crippen LogP contribution in [0.4, 0.5) is 0 Å². The van der Waals surface area contributed by atoms with Crippen LogP contribution < -0.4 is 0 Å². The molecule has 1 saturated heterocycles. The molecule has 2 rings (SSSR count). The topological polar surface area (TPSA) is 72.1 Å². The third-order valence-electron chi connectivity index (χ3n) is 3.29. The van der Waals surface area contributed by atoms with Gasteiger partial charge in [0.05, 0.1) is 39.5 Å². The highest BCUT2D eigenvalue weighted by molar-refractivity contribution is 5.90. The van der Waals surface area contributed by atoms with Crippen molar-refractivity contribution in [2.24, 2.45) is 0 Å². The number of hydrogen-bond acceptors (Lipinski definition) is 6. The lowest BCUT2D eigenvalue weighted by Gasteiger charge is -2.33. The number of aryl methyl sites for hydroxylation is 1. The lowest BCUT2D eigenvalue weighted by molar-refractivity contribution is -0.0336. The number of aliphatic hydroxyl groups is 1. The van der Waals surface area contributed by atoms with Crippen LogP contribution in [-0.2, 0) is 16.0 Å². The fourth-order valence-electron chi connectivity index (χ4n) is 2.20. The van der Waals surface area contributed by atoms with Crippen molar-refractivity contribution < 1.29 is 23.8 Å². The molecule has 2 heterocycles. The van der Waals surface area contributed by atoms with Gasteiger partial charge < -0.3 is 19.0 Å². The van der Waals surface area contributed by atoms with Crippen LogP contribution in [0.3, 0.4) is 0 Å². The first-order valence-electron chi connectivity index (χ1n) is 6.26. The minimum absolute atomic E-state index is 0.0271. The Morgan fingerprint density at radius 1 is 1.63 bits per heavy atom. The molecule has 0 amide bonds. The minimum Gasteiger partial charge on any atom is -0.465 e. The van der Waals surface area contributed by atoms with E-state index in [9.17, 15) is 9.90 Å². The lowest BCUT2D eigenvalue weighted by Crippen LogP contribution is -2.46. The highest BCUT2D eigenvalue weighted by Gasteiger charge is 2.24. The van der Waals surface area contributed by atoms with Crippen LogP contribution in [-0.4, -0.2) is 55.5 Å². The Bertz CT molecular complexity index is 442. The summed E-state index contributed by atoms with van der Waals surface area (Å²) in [6.45, 7) is 4.22. The molecule has 106 valence electrons. The van der Waals surface area contributed by atoms with Gasteiger partial charge in [-0.15, -0.1) is 0 Å². The second-order valence-corrected chi connectivity index (χ2v) is 4.56. The van der Waals surface area contributed by atoms with Crippen molar-refractivity contribution in [1.82, 2.24) is 4.90 Å². The Kier molecular flexibility index (Phi) is 4.57. The molecule has 19 heavy (non-hydrogen) atoms. The molecular formula is C13H19NO5. The first-order chi connectivity index (χ1) is 9.15. The minimum atomic E-state index is -0.395. The van der Waals surface area contributed by atoms with Gasteiger partial charge in [-0.2, -0.15) is 0 Å². The number of methoxy groups -OCH3 is 1. The van der Waals surface area contributed by atoms with Crippen molar-refractivity contribution in [3.8, 4) is 0 Å². The highest BCUT2D eigenvalue weighted by Crippen LogP contribution is 2.19. The van der Waals surface area contributed by atoms with Crippen molar-refractivity contribution in [2.45, 2.75) is 19.5 Å². The number of esters is 1. The summed E-state index contributed by atoms with van der Waals surface area (Å²) in [5.41, 5.74) is 0.450. The van der Waals surface area contributed by atoms with Gasteiger partial charge in [-0.1, -0.05) is 0 Å². The van der Waals surface area contributed by atoms with Gasteiger partial charge in [0.2, 0.25) is 0 Å². The monoisotopic (exact) mass is 269 g/mol. The van der Waals surface area contributed by atoms with Crippen LogP contribution in [0.5, 0.6) is 0 Å². The number of ether oxygens (including phenoxy) is 2. The maximum atomic E-state index is 11.5. The van der Waals surface area contributed by atoms with E-state index in [1.165, 1.54) is 7.11 Å². The molecule has 6 nitrogen and oxygen atoms in total. The van der Waals surface area contributed by atoms with E-state index in [2.05, 4.69) is 4.90 Å². The predicted octanol–water partition coefficient (Wildman–Crippen LogP) is 0.568. The summed E-state index contributed by atoms with van der Waals surface area (Å²) >= 11 is 0. The van der Waals surface area contributed by atoms with E-state index >= 15 is 0 Å². The third kappa shape index (κ3) is 3.15. The zero-order valence-electron chi connectivity index (χ0n) is 11.2. The van der Waals surface area contributed by atoms with Crippen molar-refractivity contribution in [3.05, 3.63) is 23.2 Å². The summed E-state index contributed by atoms with van der Waals surface area (Å²) in [7, 11) is 1.35. The van der Waals surface area contributed by atoms with E-state index in [4.69, 9.17) is 13.9 Å². The molecule has 1 unspecified atom stereocenters. The van der Waals surface area contributed by atoms with E-state index in [0.717, 1.165) is 6.54 Å². The largest absolute Gasteiger partial charge is 0.465 e. The number of rotatable bonds is 4. The van der Waals surface area contributed by atoms with Crippen LogP contribution in [0.1, 0.15) is 21.9 Å². The zero-order chi connectivity index (χ0) is 13.8. The summed E-state index contributed by atoms with van der Waals surface area (Å²) in [4.78, 5) is 13.6. The van der Waals surface area contributed by atoms with Gasteiger partial charge in [-0.05, 0) is 13.0 Å². The van der Waals surface area contributed by atoms with E-state index in [1.54, 1.807) is 13.0 Å². The van der Waals surface area contributed by atoms with Gasteiger partial charge in [0.15, 0.2) is 0 Å². The summed E-state index contributed by atoms with van der Waals surface area (Å²) in [5.74, 6) is 0.849. The molecule has 1 N–H and O–H groups in total. The van der Waals surface area contributed by atoms with Gasteiger partial charge in [0.25, 0.3) is 0 Å². The zero-order valence-corrected chi connectivity index (χ0v) is 11.2. The van der Waals surface area contributed by atoms with Gasteiger partial charge in [-0.3, -0.25) is 4.90 Å². The molecule has 1 fully saturated rings. The molecular weight excluding hydrogens is 250 g/mol. The maximum Gasteiger partial charge on any atom is 0.341 e. The van der Waals surface area contributed by atoms with Gasteiger partial charge in [0.1, 0.15) is 17.1 Å². The third-order valence-corrected chi connectivity index (χ3v) is 3.29. The second kappa shape index (κ2) is 6.18. The fraction of sp³-hybridized carbons (Fsp3) is 0.615. The molecule has 0 spiro atoms. The van der Waals surface area contributed by atoms with Crippen LogP contribution in [0, 0.1) is 6.92 Å². The van der Waals surface area contributed by atoms with E-state index < -0.39 is 5.97 Å². The summed E-state index contributed by atoms with van der Waals surface area (Å²) < 4.78 is 15.6. The molecule has 0 aliphatic carbocycles. The summed E-state index contributed by atoms with van der Waals surface area (Å²) in [6, 6.07) is 1.67. The van der Waals surface area contributed by atoms with Crippen LogP contribution in [0.15, 0.2) is 10.5 Å². The van der Waals surface area contributed by atoms with Gasteiger partial charge in [-0.25, -0.2) is 4.79 Å². The SMILES string of the molecule is COC(=O)c1cc(CN2CCOCC2CO)oc1C. The van der Waals surface area contributed by atoms with Crippen molar-refractivity contribution >= 4 is 5.97 Å². The van der Waals surface area contributed by atoms with Gasteiger partial charge >= 0.3 is 5.97 Å². The molecule has 0 bridgehead atoms. The molecule has 0 radical (unpaired) electrons. The fourth-order valence-corrected chi connectivity index (χ4v) is 2.20. The van der Waals surface area contributed by atoms with Crippen LogP contribution in [0.25, 0.3) is 0 Å². The Morgan fingerprint density at radius 3 is 3.11 bits per heavy atom. The Balaban J connectivity index is 2.08. The Labute approximate surface area is 111 Å². The number of furan rings is 1. The standard InChI is InChI=1S/C13H19NO5/c1-9-12(13(16)17-2)5-11(19-9)6-14-3-4-18-8-10(14)7-15/h5,10,15H,3-4,6-8H2,1-2H3. The van der Waals surface area contributed by atoms with E-state index in [1.807, 2.05) is 0 Å². The normalized spacial score (nSPS) is 20.5. The Morgan fingerprint density at radius 2 is 2.42 bits per heavy atom. The number of carbonyl (C=O) groups is 1. The predicted molar refractivity (Wildman–Crippen MR) is 66.9 cm³/mol. The van der Waals surface area contributed by atoms with E-state index in [-0.39, 0.29) is 12.6 Å². The molecule has 1 atom stereocenters. The quantitative estimate of drug-likeness (QED) is 0.806. The summed E-state index contributed by atoms with van der Waals surface area (Å²) in [6.07, 6.45) is 0. The molecule has 1 aromatic heterocycles. The first-order valence-corrected chi connectivity index (χ1v) is 6.26. The van der Waals surface area contributed by atoms with Crippen molar-refractivity contribution in [2.75, 3.05) is 33.5 Å². The molecule has 1 aliphatic heterocycles. The van der Waals surface area contributed by atoms with Gasteiger partial charge in [0, 0.05) is 6.54 Å². The molecule has 0 aromatic carbocycles. The molecule has 0 saturated carbocycles. The van der Waals surface area contributed by atoms with Crippen molar-refractivity contribution in [3.63, 3.8) is 0 Å². The Hall–Kier alpha value is -1.37. The maximum absolute atomic E-state index is 11.5. The molecule has 6 heteroatoms. The number of aliphatic hydroxyl groups excluding tert-OH is 1. The summed E-state index contributed by atoms with van der Waals surface area (Å²) in [5, 5.41) is 9.30. The van der Waals surface area contributed by atoms with Crippen LogP contribution in [0.2, 0.25) is 0 Å². The number of morpholine rings is 1. The highest BCUT2D eigenvalue weighted by atomic mass is 16.5. The lowest BCUT2D eigenvalue weighted by atomic mass is 10.2.